The molecule has 0 amide bonds. The van der Waals surface area contributed by atoms with E-state index >= 15 is 0 Å². The lowest BCUT2D eigenvalue weighted by molar-refractivity contribution is -0.139. The number of aliphatic carboxylic acids is 1. The largest absolute Gasteiger partial charge is 0.480 e. The Morgan fingerprint density at radius 1 is 1.26 bits per heavy atom. The Morgan fingerprint density at radius 2 is 1.91 bits per heavy atom. The molecule has 2 rings (SSSR count). The second-order valence-electron chi connectivity index (χ2n) is 4.79. The van der Waals surface area contributed by atoms with Crippen molar-refractivity contribution in [3.63, 3.8) is 0 Å². The van der Waals surface area contributed by atoms with E-state index in [1.54, 1.807) is 4.98 Å². The van der Waals surface area contributed by atoms with Crippen molar-refractivity contribution in [3.05, 3.63) is 68.5 Å². The van der Waals surface area contributed by atoms with Crippen LogP contribution in [0.1, 0.15) is 5.56 Å². The molecule has 0 saturated heterocycles. The predicted molar refractivity (Wildman–Crippen MR) is 75.9 cm³/mol. The molecule has 0 spiro atoms. The molecule has 9 heteroatoms. The van der Waals surface area contributed by atoms with Gasteiger partial charge in [-0.05, 0) is 17.7 Å². The van der Waals surface area contributed by atoms with Crippen molar-refractivity contribution in [2.45, 2.75) is 19.1 Å². The summed E-state index contributed by atoms with van der Waals surface area (Å²) in [4.78, 5) is 35.5. The topological polar surface area (TPSA) is 104 Å². The summed E-state index contributed by atoms with van der Waals surface area (Å²) in [7, 11) is 0. The van der Waals surface area contributed by atoms with Crippen molar-refractivity contribution in [1.82, 2.24) is 14.9 Å². The number of hydrogen-bond acceptors (Lipinski definition) is 4. The van der Waals surface area contributed by atoms with Crippen LogP contribution >= 0.6 is 0 Å². The average molecular weight is 325 g/mol. The summed E-state index contributed by atoms with van der Waals surface area (Å²) < 4.78 is 26.7. The van der Waals surface area contributed by atoms with Crippen molar-refractivity contribution < 1.29 is 18.7 Å². The molecule has 0 radical (unpaired) electrons. The number of benzene rings is 1. The van der Waals surface area contributed by atoms with E-state index < -0.39 is 34.9 Å². The van der Waals surface area contributed by atoms with Crippen LogP contribution in [0, 0.1) is 11.6 Å². The highest BCUT2D eigenvalue weighted by Gasteiger charge is 2.19. The van der Waals surface area contributed by atoms with Crippen LogP contribution < -0.4 is 16.6 Å². The molecule has 1 aromatic carbocycles. The van der Waals surface area contributed by atoms with Gasteiger partial charge in [0.2, 0.25) is 5.82 Å². The number of halogens is 2. The zero-order chi connectivity index (χ0) is 17.0. The van der Waals surface area contributed by atoms with E-state index in [0.29, 0.717) is 11.8 Å². The van der Waals surface area contributed by atoms with Gasteiger partial charge in [-0.15, -0.1) is 0 Å². The molecule has 3 N–H and O–H groups in total. The molecule has 2 aromatic rings. The fourth-order valence-electron chi connectivity index (χ4n) is 1.89. The van der Waals surface area contributed by atoms with Crippen molar-refractivity contribution in [2.24, 2.45) is 0 Å². The highest BCUT2D eigenvalue weighted by atomic mass is 19.1. The summed E-state index contributed by atoms with van der Waals surface area (Å²) in [5, 5.41) is 11.8. The fourth-order valence-corrected chi connectivity index (χ4v) is 1.89. The molecular weight excluding hydrogens is 312 g/mol. The first-order chi connectivity index (χ1) is 10.9. The average Bonchev–Trinajstić information content (AvgIpc) is 2.49. The maximum atomic E-state index is 13.2. The minimum Gasteiger partial charge on any atom is -0.480 e. The van der Waals surface area contributed by atoms with Crippen LogP contribution in [0.3, 0.4) is 0 Å². The van der Waals surface area contributed by atoms with Crippen LogP contribution in [0.4, 0.5) is 8.78 Å². The molecule has 0 saturated carbocycles. The molecule has 0 bridgehead atoms. The van der Waals surface area contributed by atoms with Crippen molar-refractivity contribution in [3.8, 4) is 0 Å². The minimum absolute atomic E-state index is 0.109. The van der Waals surface area contributed by atoms with E-state index in [1.807, 2.05) is 0 Å². The SMILES string of the molecule is O=C(O)[C@H](Cn1cc(F)c(=O)[nH]c1=O)NCc1ccc(F)cc1. The molecule has 1 heterocycles. The van der Waals surface area contributed by atoms with Gasteiger partial charge in [0.15, 0.2) is 0 Å². The van der Waals surface area contributed by atoms with Crippen LogP contribution in [0.25, 0.3) is 0 Å². The number of carboxylic acid groups (broad SMARTS) is 1. The Labute approximate surface area is 128 Å². The zero-order valence-electron chi connectivity index (χ0n) is 11.8. The van der Waals surface area contributed by atoms with Crippen LogP contribution in [-0.2, 0) is 17.9 Å². The second kappa shape index (κ2) is 6.97. The molecule has 1 atom stereocenters. The molecule has 0 aliphatic rings. The molecule has 1 aromatic heterocycles. The Kier molecular flexibility index (Phi) is 5.02. The number of H-pyrrole nitrogens is 1. The van der Waals surface area contributed by atoms with Gasteiger partial charge in [-0.25, -0.2) is 9.18 Å². The minimum atomic E-state index is -1.26. The van der Waals surface area contributed by atoms with E-state index in [1.165, 1.54) is 24.3 Å². The first-order valence-corrected chi connectivity index (χ1v) is 6.56. The smallest absolute Gasteiger partial charge is 0.328 e. The summed E-state index contributed by atoms with van der Waals surface area (Å²) in [6.45, 7) is -0.277. The quantitative estimate of drug-likeness (QED) is 0.696. The highest BCUT2D eigenvalue weighted by molar-refractivity contribution is 5.73. The number of carbonyl (C=O) groups is 1. The lowest BCUT2D eigenvalue weighted by Gasteiger charge is -2.15. The monoisotopic (exact) mass is 325 g/mol. The summed E-state index contributed by atoms with van der Waals surface area (Å²) in [6, 6.07) is 4.21. The third kappa shape index (κ3) is 4.33. The van der Waals surface area contributed by atoms with Gasteiger partial charge >= 0.3 is 11.7 Å². The van der Waals surface area contributed by atoms with Crippen LogP contribution in [-0.4, -0.2) is 26.7 Å². The Hall–Kier alpha value is -2.81. The molecule has 0 aliphatic heterocycles. The number of rotatable bonds is 6. The Balaban J connectivity index is 2.11. The maximum Gasteiger partial charge on any atom is 0.328 e. The summed E-state index contributed by atoms with van der Waals surface area (Å²) >= 11 is 0. The van der Waals surface area contributed by atoms with E-state index in [4.69, 9.17) is 5.11 Å². The van der Waals surface area contributed by atoms with Crippen molar-refractivity contribution >= 4 is 5.97 Å². The molecule has 122 valence electrons. The highest BCUT2D eigenvalue weighted by Crippen LogP contribution is 2.03. The van der Waals surface area contributed by atoms with Gasteiger partial charge < -0.3 is 5.11 Å². The van der Waals surface area contributed by atoms with Gasteiger partial charge in [-0.1, -0.05) is 12.1 Å². The van der Waals surface area contributed by atoms with Crippen LogP contribution in [0.15, 0.2) is 40.1 Å². The standard InChI is InChI=1S/C14H13F2N3O4/c15-9-3-1-8(2-4-9)5-17-11(13(21)22)7-19-6-10(16)12(20)18-14(19)23/h1-4,6,11,17H,5,7H2,(H,21,22)(H,18,20,23)/t11-/m0/s1. The van der Waals surface area contributed by atoms with Gasteiger partial charge in [-0.2, -0.15) is 4.39 Å². The molecule has 23 heavy (non-hydrogen) atoms. The molecule has 0 unspecified atom stereocenters. The van der Waals surface area contributed by atoms with Crippen LogP contribution in [0.2, 0.25) is 0 Å². The Bertz CT molecular complexity index is 814. The molecule has 0 aliphatic carbocycles. The van der Waals surface area contributed by atoms with E-state index in [0.717, 1.165) is 4.57 Å². The fraction of sp³-hybridized carbons (Fsp3) is 0.214. The predicted octanol–water partition coefficient (Wildman–Crippen LogP) is 0.0578. The normalized spacial score (nSPS) is 12.1. The summed E-state index contributed by atoms with van der Waals surface area (Å²) in [5.41, 5.74) is -1.44. The number of hydrogen-bond donors (Lipinski definition) is 3. The van der Waals surface area contributed by atoms with Gasteiger partial charge in [0.05, 0.1) is 12.7 Å². The number of nitrogens with zero attached hydrogens (tertiary/aromatic N) is 1. The lowest BCUT2D eigenvalue weighted by Crippen LogP contribution is -2.43. The molecule has 7 nitrogen and oxygen atoms in total. The van der Waals surface area contributed by atoms with Gasteiger partial charge in [0.1, 0.15) is 11.9 Å². The van der Waals surface area contributed by atoms with E-state index in [-0.39, 0.29) is 13.1 Å². The van der Waals surface area contributed by atoms with Gasteiger partial charge in [-0.3, -0.25) is 24.5 Å². The summed E-state index contributed by atoms with van der Waals surface area (Å²) in [5.74, 6) is -2.86. The molecule has 0 fully saturated rings. The number of aromatic nitrogens is 2. The molecular formula is C14H13F2N3O4. The van der Waals surface area contributed by atoms with Crippen molar-refractivity contribution in [2.75, 3.05) is 0 Å². The van der Waals surface area contributed by atoms with Gasteiger partial charge in [0.25, 0.3) is 5.56 Å². The Morgan fingerprint density at radius 3 is 2.52 bits per heavy atom. The van der Waals surface area contributed by atoms with Crippen molar-refractivity contribution in [1.29, 1.82) is 0 Å². The first kappa shape index (κ1) is 16.6. The number of carboxylic acids is 1. The third-order valence-corrected chi connectivity index (χ3v) is 3.11. The maximum absolute atomic E-state index is 13.2. The lowest BCUT2D eigenvalue weighted by atomic mass is 10.2. The number of aromatic amines is 1. The van der Waals surface area contributed by atoms with E-state index in [2.05, 4.69) is 5.32 Å². The third-order valence-electron chi connectivity index (χ3n) is 3.11. The second-order valence-corrected chi connectivity index (χ2v) is 4.79. The van der Waals surface area contributed by atoms with Crippen LogP contribution in [0.5, 0.6) is 0 Å². The van der Waals surface area contributed by atoms with Gasteiger partial charge in [0, 0.05) is 6.54 Å². The zero-order valence-corrected chi connectivity index (χ0v) is 11.8. The number of nitrogens with one attached hydrogen (secondary N) is 2. The van der Waals surface area contributed by atoms with E-state index in [9.17, 15) is 23.2 Å². The summed E-state index contributed by atoms with van der Waals surface area (Å²) in [6.07, 6.45) is 0.649. The first-order valence-electron chi connectivity index (χ1n) is 6.56.